The number of amides is 1. The summed E-state index contributed by atoms with van der Waals surface area (Å²) in [6.07, 6.45) is 4.61. The molecule has 2 unspecified atom stereocenters. The van der Waals surface area contributed by atoms with E-state index in [9.17, 15) is 4.79 Å². The predicted molar refractivity (Wildman–Crippen MR) is 82.2 cm³/mol. The molecule has 7 heteroatoms. The number of hydrogen-bond acceptors (Lipinski definition) is 6. The van der Waals surface area contributed by atoms with E-state index in [0.29, 0.717) is 30.8 Å². The largest absolute Gasteiger partial charge is 0.351 e. The number of nitrogens with zero attached hydrogens (tertiary/aromatic N) is 3. The highest BCUT2D eigenvalue weighted by molar-refractivity contribution is 7.08. The van der Waals surface area contributed by atoms with Crippen LogP contribution >= 0.6 is 11.3 Å². The van der Waals surface area contributed by atoms with Gasteiger partial charge in [-0.25, -0.2) is 0 Å². The van der Waals surface area contributed by atoms with E-state index in [1.807, 2.05) is 16.8 Å². The molecular weight excluding hydrogens is 300 g/mol. The Hall–Kier alpha value is -1.73. The van der Waals surface area contributed by atoms with E-state index in [-0.39, 0.29) is 11.9 Å². The minimum absolute atomic E-state index is 0.102. The molecule has 2 atom stereocenters. The molecule has 6 nitrogen and oxygen atoms in total. The van der Waals surface area contributed by atoms with Crippen LogP contribution in [0.15, 0.2) is 21.3 Å². The first kappa shape index (κ1) is 13.9. The molecule has 22 heavy (non-hydrogen) atoms. The van der Waals surface area contributed by atoms with Crippen LogP contribution < -0.4 is 5.32 Å². The molecular formula is C15H18N4O2S. The number of fused-ring (bicyclic) bond motifs is 1. The maximum atomic E-state index is 11.9. The number of carbonyl (C=O) groups is 1. The molecule has 0 aromatic carbocycles. The number of piperazine rings is 1. The van der Waals surface area contributed by atoms with Crippen molar-refractivity contribution in [2.45, 2.75) is 44.3 Å². The SMILES string of the molecule is O=C1CN(Cc2noc(-c3ccsc3)n2)C2CCCCC2N1. The highest BCUT2D eigenvalue weighted by Gasteiger charge is 2.36. The van der Waals surface area contributed by atoms with Crippen LogP contribution in [0.1, 0.15) is 31.5 Å². The lowest BCUT2D eigenvalue weighted by Crippen LogP contribution is -2.61. The van der Waals surface area contributed by atoms with Crippen molar-refractivity contribution in [3.63, 3.8) is 0 Å². The Balaban J connectivity index is 1.51. The van der Waals surface area contributed by atoms with Crippen molar-refractivity contribution in [3.05, 3.63) is 22.7 Å². The van der Waals surface area contributed by atoms with Gasteiger partial charge in [-0.15, -0.1) is 0 Å². The van der Waals surface area contributed by atoms with Crippen molar-refractivity contribution in [3.8, 4) is 11.5 Å². The summed E-state index contributed by atoms with van der Waals surface area (Å²) in [4.78, 5) is 18.6. The van der Waals surface area contributed by atoms with Crippen molar-refractivity contribution in [2.24, 2.45) is 0 Å². The van der Waals surface area contributed by atoms with Crippen molar-refractivity contribution in [1.29, 1.82) is 0 Å². The van der Waals surface area contributed by atoms with Crippen LogP contribution in [0, 0.1) is 0 Å². The lowest BCUT2D eigenvalue weighted by Gasteiger charge is -2.43. The highest BCUT2D eigenvalue weighted by atomic mass is 32.1. The Morgan fingerprint density at radius 1 is 1.41 bits per heavy atom. The Labute approximate surface area is 132 Å². The predicted octanol–water partition coefficient (Wildman–Crippen LogP) is 2.04. The second-order valence-corrected chi connectivity index (χ2v) is 6.74. The molecule has 116 valence electrons. The van der Waals surface area contributed by atoms with Gasteiger partial charge in [0.15, 0.2) is 5.82 Å². The molecule has 1 N–H and O–H groups in total. The normalized spacial score (nSPS) is 25.7. The van der Waals surface area contributed by atoms with Gasteiger partial charge in [0, 0.05) is 17.5 Å². The van der Waals surface area contributed by atoms with Gasteiger partial charge in [0.2, 0.25) is 5.91 Å². The van der Waals surface area contributed by atoms with Gasteiger partial charge in [0.25, 0.3) is 5.89 Å². The summed E-state index contributed by atoms with van der Waals surface area (Å²) in [5.74, 6) is 1.31. The smallest absolute Gasteiger partial charge is 0.258 e. The molecule has 2 aromatic rings. The minimum Gasteiger partial charge on any atom is -0.351 e. The van der Waals surface area contributed by atoms with E-state index < -0.39 is 0 Å². The fourth-order valence-electron chi connectivity index (χ4n) is 3.45. The second kappa shape index (κ2) is 5.81. The number of hydrogen-bond donors (Lipinski definition) is 1. The van der Waals surface area contributed by atoms with Crippen LogP contribution in [-0.4, -0.2) is 39.6 Å². The molecule has 2 aromatic heterocycles. The average molecular weight is 318 g/mol. The lowest BCUT2D eigenvalue weighted by atomic mass is 9.87. The van der Waals surface area contributed by atoms with Crippen LogP contribution in [0.2, 0.25) is 0 Å². The zero-order chi connectivity index (χ0) is 14.9. The molecule has 0 spiro atoms. The summed E-state index contributed by atoms with van der Waals surface area (Å²) in [7, 11) is 0. The number of aromatic nitrogens is 2. The van der Waals surface area contributed by atoms with Crippen LogP contribution in [-0.2, 0) is 11.3 Å². The van der Waals surface area contributed by atoms with Crippen LogP contribution in [0.4, 0.5) is 0 Å². The van der Waals surface area contributed by atoms with E-state index in [1.165, 1.54) is 12.8 Å². The highest BCUT2D eigenvalue weighted by Crippen LogP contribution is 2.27. The topological polar surface area (TPSA) is 71.3 Å². The van der Waals surface area contributed by atoms with Crippen molar-refractivity contribution < 1.29 is 9.32 Å². The Kier molecular flexibility index (Phi) is 3.67. The summed E-state index contributed by atoms with van der Waals surface area (Å²) in [6.45, 7) is 0.992. The van der Waals surface area contributed by atoms with Crippen molar-refractivity contribution >= 4 is 17.2 Å². The van der Waals surface area contributed by atoms with Crippen LogP contribution in [0.3, 0.4) is 0 Å². The molecule has 1 aliphatic heterocycles. The Morgan fingerprint density at radius 3 is 3.18 bits per heavy atom. The number of carbonyl (C=O) groups excluding carboxylic acids is 1. The number of nitrogens with one attached hydrogen (secondary N) is 1. The van der Waals surface area contributed by atoms with Gasteiger partial charge in [0.1, 0.15) is 0 Å². The number of rotatable bonds is 3. The monoisotopic (exact) mass is 318 g/mol. The van der Waals surface area contributed by atoms with Gasteiger partial charge in [0.05, 0.1) is 18.7 Å². The van der Waals surface area contributed by atoms with Crippen LogP contribution in [0.25, 0.3) is 11.5 Å². The van der Waals surface area contributed by atoms with Gasteiger partial charge in [-0.1, -0.05) is 18.0 Å². The Bertz CT molecular complexity index is 654. The fraction of sp³-hybridized carbons (Fsp3) is 0.533. The maximum absolute atomic E-state index is 11.9. The molecule has 2 fully saturated rings. The Morgan fingerprint density at radius 2 is 2.32 bits per heavy atom. The van der Waals surface area contributed by atoms with Gasteiger partial charge >= 0.3 is 0 Å². The van der Waals surface area contributed by atoms with E-state index in [4.69, 9.17) is 4.52 Å². The molecule has 1 aliphatic carbocycles. The molecule has 0 bridgehead atoms. The third-order valence-electron chi connectivity index (χ3n) is 4.47. The summed E-state index contributed by atoms with van der Waals surface area (Å²) in [6, 6.07) is 2.64. The summed E-state index contributed by atoms with van der Waals surface area (Å²) in [5, 5.41) is 11.2. The minimum atomic E-state index is 0.102. The second-order valence-electron chi connectivity index (χ2n) is 5.96. The summed E-state index contributed by atoms with van der Waals surface area (Å²) in [5.41, 5.74) is 0.954. The van der Waals surface area contributed by atoms with Crippen molar-refractivity contribution in [2.75, 3.05) is 6.54 Å². The zero-order valence-corrected chi connectivity index (χ0v) is 13.0. The van der Waals surface area contributed by atoms with Gasteiger partial charge in [-0.2, -0.15) is 16.3 Å². The quantitative estimate of drug-likeness (QED) is 0.938. The van der Waals surface area contributed by atoms with E-state index >= 15 is 0 Å². The zero-order valence-electron chi connectivity index (χ0n) is 12.2. The summed E-state index contributed by atoms with van der Waals surface area (Å²) < 4.78 is 5.33. The van der Waals surface area contributed by atoms with E-state index in [0.717, 1.165) is 18.4 Å². The first-order valence-corrected chi connectivity index (χ1v) is 8.62. The van der Waals surface area contributed by atoms with E-state index in [1.54, 1.807) is 11.3 Å². The first-order valence-electron chi connectivity index (χ1n) is 7.68. The van der Waals surface area contributed by atoms with Gasteiger partial charge in [-0.3, -0.25) is 9.69 Å². The standard InChI is InChI=1S/C15H18N4O2S/c20-14-8-19(12-4-2-1-3-11(12)16-14)7-13-17-15(21-18-13)10-5-6-22-9-10/h5-6,9,11-12H,1-4,7-8H2,(H,16,20). The molecule has 1 saturated heterocycles. The van der Waals surface area contributed by atoms with E-state index in [2.05, 4.69) is 20.4 Å². The molecule has 0 radical (unpaired) electrons. The number of thiophene rings is 1. The lowest BCUT2D eigenvalue weighted by molar-refractivity contribution is -0.128. The summed E-state index contributed by atoms with van der Waals surface area (Å²) >= 11 is 1.60. The molecule has 1 amide bonds. The third-order valence-corrected chi connectivity index (χ3v) is 5.16. The first-order chi connectivity index (χ1) is 10.8. The van der Waals surface area contributed by atoms with Gasteiger partial charge < -0.3 is 9.84 Å². The molecule has 4 rings (SSSR count). The molecule has 1 saturated carbocycles. The molecule has 3 heterocycles. The average Bonchev–Trinajstić information content (AvgIpc) is 3.17. The fourth-order valence-corrected chi connectivity index (χ4v) is 4.08. The van der Waals surface area contributed by atoms with Crippen molar-refractivity contribution in [1.82, 2.24) is 20.4 Å². The van der Waals surface area contributed by atoms with Gasteiger partial charge in [-0.05, 0) is 24.3 Å². The third kappa shape index (κ3) is 2.66. The molecule has 2 aliphatic rings. The maximum Gasteiger partial charge on any atom is 0.258 e. The van der Waals surface area contributed by atoms with Crippen LogP contribution in [0.5, 0.6) is 0 Å².